The summed E-state index contributed by atoms with van der Waals surface area (Å²) in [6.07, 6.45) is 2.46. The van der Waals surface area contributed by atoms with Crippen molar-refractivity contribution in [2.45, 2.75) is 25.8 Å². The normalized spacial score (nSPS) is 16.4. The molecule has 1 unspecified atom stereocenters. The second kappa shape index (κ2) is 7.08. The first-order valence-corrected chi connectivity index (χ1v) is 7.18. The smallest absolute Gasteiger partial charge is 0.335 e. The van der Waals surface area contributed by atoms with Crippen molar-refractivity contribution in [3.05, 3.63) is 29.8 Å². The van der Waals surface area contributed by atoms with Crippen molar-refractivity contribution in [1.82, 2.24) is 10.2 Å². The van der Waals surface area contributed by atoms with Gasteiger partial charge in [0.15, 0.2) is 0 Å². The molecule has 6 heteroatoms. The Balaban J connectivity index is 1.79. The van der Waals surface area contributed by atoms with Gasteiger partial charge >= 0.3 is 12.0 Å². The first kappa shape index (κ1) is 15.3. The third kappa shape index (κ3) is 4.75. The summed E-state index contributed by atoms with van der Waals surface area (Å²) in [5, 5.41) is 14.4. The lowest BCUT2D eigenvalue weighted by Crippen LogP contribution is -2.42. The van der Waals surface area contributed by atoms with Gasteiger partial charge < -0.3 is 20.6 Å². The Bertz CT molecular complexity index is 495. The maximum Gasteiger partial charge on any atom is 0.335 e. The summed E-state index contributed by atoms with van der Waals surface area (Å²) in [6.45, 7) is 5.03. The summed E-state index contributed by atoms with van der Waals surface area (Å²) in [4.78, 5) is 24.9. The highest BCUT2D eigenvalue weighted by atomic mass is 16.4. The number of rotatable bonds is 5. The molecule has 3 N–H and O–H groups in total. The number of nitrogens with zero attached hydrogens (tertiary/aromatic N) is 1. The van der Waals surface area contributed by atoms with Gasteiger partial charge in [-0.05, 0) is 57.1 Å². The average Bonchev–Trinajstić information content (AvgIpc) is 2.91. The second-order valence-corrected chi connectivity index (χ2v) is 5.39. The maximum absolute atomic E-state index is 11.9. The summed E-state index contributed by atoms with van der Waals surface area (Å²) in [5.41, 5.74) is 0.772. The number of anilines is 1. The molecule has 0 spiro atoms. The Morgan fingerprint density at radius 2 is 1.86 bits per heavy atom. The topological polar surface area (TPSA) is 81.7 Å². The van der Waals surface area contributed by atoms with Gasteiger partial charge in [-0.15, -0.1) is 0 Å². The van der Waals surface area contributed by atoms with Crippen LogP contribution in [0.3, 0.4) is 0 Å². The van der Waals surface area contributed by atoms with E-state index in [4.69, 9.17) is 5.11 Å². The highest BCUT2D eigenvalue weighted by Gasteiger charge is 2.15. The fraction of sp³-hybridized carbons (Fsp3) is 0.467. The van der Waals surface area contributed by atoms with E-state index in [1.807, 2.05) is 6.92 Å². The first-order chi connectivity index (χ1) is 10.0. The van der Waals surface area contributed by atoms with Gasteiger partial charge in [-0.1, -0.05) is 0 Å². The zero-order valence-corrected chi connectivity index (χ0v) is 12.1. The van der Waals surface area contributed by atoms with Crippen molar-refractivity contribution in [3.8, 4) is 0 Å². The Morgan fingerprint density at radius 1 is 1.24 bits per heavy atom. The van der Waals surface area contributed by atoms with Crippen LogP contribution in [0.15, 0.2) is 24.3 Å². The van der Waals surface area contributed by atoms with Crippen LogP contribution in [-0.4, -0.2) is 47.7 Å². The lowest BCUT2D eigenvalue weighted by Gasteiger charge is -2.21. The van der Waals surface area contributed by atoms with Crippen LogP contribution in [0.2, 0.25) is 0 Å². The van der Waals surface area contributed by atoms with E-state index in [1.54, 1.807) is 12.1 Å². The Hall–Kier alpha value is -2.08. The lowest BCUT2D eigenvalue weighted by atomic mass is 10.2. The highest BCUT2D eigenvalue weighted by Crippen LogP contribution is 2.10. The molecule has 1 aliphatic heterocycles. The molecule has 0 radical (unpaired) electrons. The van der Waals surface area contributed by atoms with Crippen LogP contribution in [0.1, 0.15) is 30.1 Å². The molecule has 6 nitrogen and oxygen atoms in total. The number of likely N-dealkylation sites (tertiary alicyclic amines) is 1. The molecule has 114 valence electrons. The Labute approximate surface area is 124 Å². The molecule has 1 aromatic carbocycles. The number of hydrogen-bond acceptors (Lipinski definition) is 3. The third-order valence-corrected chi connectivity index (χ3v) is 3.50. The van der Waals surface area contributed by atoms with Crippen LogP contribution < -0.4 is 10.6 Å². The largest absolute Gasteiger partial charge is 0.478 e. The van der Waals surface area contributed by atoms with E-state index in [0.29, 0.717) is 5.69 Å². The van der Waals surface area contributed by atoms with Crippen molar-refractivity contribution < 1.29 is 14.7 Å². The number of amides is 2. The predicted molar refractivity (Wildman–Crippen MR) is 80.7 cm³/mol. The monoisotopic (exact) mass is 291 g/mol. The van der Waals surface area contributed by atoms with Gasteiger partial charge in [-0.25, -0.2) is 9.59 Å². The molecule has 0 saturated carbocycles. The number of carboxylic acid groups (broad SMARTS) is 1. The van der Waals surface area contributed by atoms with Gasteiger partial charge in [0.1, 0.15) is 0 Å². The minimum absolute atomic E-state index is 0.0707. The number of benzene rings is 1. The van der Waals surface area contributed by atoms with Crippen molar-refractivity contribution in [2.24, 2.45) is 0 Å². The number of nitrogens with one attached hydrogen (secondary N) is 2. The minimum atomic E-state index is -0.981. The first-order valence-electron chi connectivity index (χ1n) is 7.18. The van der Waals surface area contributed by atoms with Crippen LogP contribution in [0.4, 0.5) is 10.5 Å². The van der Waals surface area contributed by atoms with Crippen molar-refractivity contribution in [2.75, 3.05) is 25.0 Å². The zero-order valence-electron chi connectivity index (χ0n) is 12.1. The summed E-state index contributed by atoms with van der Waals surface area (Å²) in [7, 11) is 0. The fourth-order valence-corrected chi connectivity index (χ4v) is 2.49. The van der Waals surface area contributed by atoms with Crippen LogP contribution in [0.5, 0.6) is 0 Å². The van der Waals surface area contributed by atoms with Crippen LogP contribution in [-0.2, 0) is 0 Å². The standard InChI is InChI=1S/C15H21N3O3/c1-11(10-18-8-2-3-9-18)16-15(21)17-13-6-4-12(5-7-13)14(19)20/h4-7,11H,2-3,8-10H2,1H3,(H,19,20)(H2,16,17,21). The zero-order chi connectivity index (χ0) is 15.2. The van der Waals surface area contributed by atoms with E-state index in [9.17, 15) is 9.59 Å². The molecule has 1 saturated heterocycles. The van der Waals surface area contributed by atoms with Crippen LogP contribution in [0.25, 0.3) is 0 Å². The number of urea groups is 1. The van der Waals surface area contributed by atoms with E-state index < -0.39 is 5.97 Å². The summed E-state index contributed by atoms with van der Waals surface area (Å²) < 4.78 is 0. The molecule has 0 bridgehead atoms. The molecule has 0 aliphatic carbocycles. The molecule has 21 heavy (non-hydrogen) atoms. The maximum atomic E-state index is 11.9. The number of aromatic carboxylic acids is 1. The fourth-order valence-electron chi connectivity index (χ4n) is 2.49. The van der Waals surface area contributed by atoms with Gasteiger partial charge in [-0.3, -0.25) is 0 Å². The quantitative estimate of drug-likeness (QED) is 0.775. The Kier molecular flexibility index (Phi) is 5.16. The number of carbonyl (C=O) groups is 2. The summed E-state index contributed by atoms with van der Waals surface area (Å²) in [6, 6.07) is 5.88. The summed E-state index contributed by atoms with van der Waals surface area (Å²) >= 11 is 0. The predicted octanol–water partition coefficient (Wildman–Crippen LogP) is 1.99. The molecular formula is C15H21N3O3. The molecular weight excluding hydrogens is 270 g/mol. The number of hydrogen-bond donors (Lipinski definition) is 3. The van der Waals surface area contributed by atoms with Crippen molar-refractivity contribution in [1.29, 1.82) is 0 Å². The van der Waals surface area contributed by atoms with E-state index in [1.165, 1.54) is 25.0 Å². The van der Waals surface area contributed by atoms with Crippen LogP contribution >= 0.6 is 0 Å². The molecule has 2 amide bonds. The number of carboxylic acids is 1. The van der Waals surface area contributed by atoms with E-state index in [-0.39, 0.29) is 17.6 Å². The Morgan fingerprint density at radius 3 is 2.43 bits per heavy atom. The highest BCUT2D eigenvalue weighted by molar-refractivity contribution is 5.91. The van der Waals surface area contributed by atoms with Gasteiger partial charge in [-0.2, -0.15) is 0 Å². The van der Waals surface area contributed by atoms with Gasteiger partial charge in [0.2, 0.25) is 0 Å². The lowest BCUT2D eigenvalue weighted by molar-refractivity contribution is 0.0697. The van der Waals surface area contributed by atoms with Crippen molar-refractivity contribution in [3.63, 3.8) is 0 Å². The molecule has 2 rings (SSSR count). The van der Waals surface area contributed by atoms with Crippen molar-refractivity contribution >= 4 is 17.7 Å². The second-order valence-electron chi connectivity index (χ2n) is 5.39. The SMILES string of the molecule is CC(CN1CCCC1)NC(=O)Nc1ccc(C(=O)O)cc1. The molecule has 1 heterocycles. The molecule has 1 fully saturated rings. The van der Waals surface area contributed by atoms with E-state index in [2.05, 4.69) is 15.5 Å². The van der Waals surface area contributed by atoms with Gasteiger partial charge in [0.05, 0.1) is 5.56 Å². The molecule has 1 aromatic rings. The van der Waals surface area contributed by atoms with Crippen LogP contribution in [0, 0.1) is 0 Å². The van der Waals surface area contributed by atoms with E-state index in [0.717, 1.165) is 19.6 Å². The number of carbonyl (C=O) groups excluding carboxylic acids is 1. The van der Waals surface area contributed by atoms with Gasteiger partial charge in [0.25, 0.3) is 0 Å². The molecule has 0 aromatic heterocycles. The minimum Gasteiger partial charge on any atom is -0.478 e. The van der Waals surface area contributed by atoms with Gasteiger partial charge in [0, 0.05) is 18.3 Å². The average molecular weight is 291 g/mol. The summed E-state index contributed by atoms with van der Waals surface area (Å²) in [5.74, 6) is -0.981. The third-order valence-electron chi connectivity index (χ3n) is 3.50. The van der Waals surface area contributed by atoms with E-state index >= 15 is 0 Å². The molecule has 1 atom stereocenters. The molecule has 1 aliphatic rings.